The third-order valence-electron chi connectivity index (χ3n) is 3.39. The van der Waals surface area contributed by atoms with Crippen LogP contribution in [0.15, 0.2) is 30.5 Å². The van der Waals surface area contributed by atoms with Crippen LogP contribution in [-0.2, 0) is 20.7 Å². The summed E-state index contributed by atoms with van der Waals surface area (Å²) in [6.45, 7) is 0. The first-order chi connectivity index (χ1) is 8.74. The normalized spacial score (nSPS) is 20.1. The Bertz CT molecular complexity index is 614. The zero-order valence-electron chi connectivity index (χ0n) is 9.81. The number of hydrogen-bond donors (Lipinski definition) is 1. The van der Waals surface area contributed by atoms with Gasteiger partial charge in [-0.25, -0.2) is 0 Å². The molecule has 0 amide bonds. The number of para-hydroxylation sites is 1. The lowest BCUT2D eigenvalue weighted by atomic mass is 9.93. The van der Waals surface area contributed by atoms with E-state index in [1.807, 2.05) is 30.5 Å². The van der Waals surface area contributed by atoms with E-state index < -0.39 is 11.9 Å². The van der Waals surface area contributed by atoms with Crippen LogP contribution in [0.1, 0.15) is 18.4 Å². The summed E-state index contributed by atoms with van der Waals surface area (Å²) in [6, 6.07) is 7.97. The predicted octanol–water partition coefficient (Wildman–Crippen LogP) is 2.19. The van der Waals surface area contributed by atoms with Crippen LogP contribution < -0.4 is 0 Å². The van der Waals surface area contributed by atoms with Crippen LogP contribution in [0.5, 0.6) is 0 Å². The third-order valence-corrected chi connectivity index (χ3v) is 3.39. The van der Waals surface area contributed by atoms with Crippen molar-refractivity contribution >= 4 is 22.8 Å². The Labute approximate surface area is 104 Å². The molecule has 1 fully saturated rings. The summed E-state index contributed by atoms with van der Waals surface area (Å²) >= 11 is 0. The summed E-state index contributed by atoms with van der Waals surface area (Å²) in [5, 5.41) is 1.13. The van der Waals surface area contributed by atoms with Gasteiger partial charge in [-0.05, 0) is 24.5 Å². The molecule has 1 aliphatic rings. The number of esters is 2. The van der Waals surface area contributed by atoms with Crippen molar-refractivity contribution in [2.75, 3.05) is 0 Å². The van der Waals surface area contributed by atoms with Crippen molar-refractivity contribution in [2.24, 2.45) is 5.92 Å². The molecule has 18 heavy (non-hydrogen) atoms. The van der Waals surface area contributed by atoms with E-state index in [9.17, 15) is 9.59 Å². The Morgan fingerprint density at radius 1 is 1.28 bits per heavy atom. The van der Waals surface area contributed by atoms with Gasteiger partial charge < -0.3 is 9.72 Å². The summed E-state index contributed by atoms with van der Waals surface area (Å²) in [6.07, 6.45) is 3.46. The first-order valence-electron chi connectivity index (χ1n) is 6.03. The van der Waals surface area contributed by atoms with Crippen molar-refractivity contribution in [3.63, 3.8) is 0 Å². The minimum absolute atomic E-state index is 0.207. The molecule has 1 aromatic heterocycles. The number of rotatable bonds is 2. The summed E-state index contributed by atoms with van der Waals surface area (Å²) in [4.78, 5) is 25.8. The van der Waals surface area contributed by atoms with Gasteiger partial charge in [-0.3, -0.25) is 9.59 Å². The average Bonchev–Trinajstić information content (AvgIpc) is 2.76. The van der Waals surface area contributed by atoms with Crippen molar-refractivity contribution in [3.8, 4) is 0 Å². The highest BCUT2D eigenvalue weighted by Gasteiger charge is 2.29. The lowest BCUT2D eigenvalue weighted by Gasteiger charge is -2.18. The first-order valence-corrected chi connectivity index (χ1v) is 6.03. The molecule has 4 nitrogen and oxygen atoms in total. The quantitative estimate of drug-likeness (QED) is 0.649. The number of cyclic esters (lactones) is 2. The second kappa shape index (κ2) is 4.29. The summed E-state index contributed by atoms with van der Waals surface area (Å²) in [7, 11) is 0. The van der Waals surface area contributed by atoms with Crippen LogP contribution in [0.4, 0.5) is 0 Å². The largest absolute Gasteiger partial charge is 0.393 e. The van der Waals surface area contributed by atoms with Crippen LogP contribution in [0, 0.1) is 5.92 Å². The number of fused-ring (bicyclic) bond motifs is 1. The highest BCUT2D eigenvalue weighted by molar-refractivity contribution is 5.90. The summed E-state index contributed by atoms with van der Waals surface area (Å²) in [5.41, 5.74) is 2.16. The molecule has 0 spiro atoms. The molecule has 2 heterocycles. The van der Waals surface area contributed by atoms with E-state index in [1.165, 1.54) is 0 Å². The van der Waals surface area contributed by atoms with Gasteiger partial charge in [-0.2, -0.15) is 0 Å². The number of H-pyrrole nitrogens is 1. The Balaban J connectivity index is 1.84. The average molecular weight is 243 g/mol. The van der Waals surface area contributed by atoms with Gasteiger partial charge >= 0.3 is 11.9 Å². The molecule has 0 radical (unpaired) electrons. The van der Waals surface area contributed by atoms with Crippen LogP contribution in [0.3, 0.4) is 0 Å². The van der Waals surface area contributed by atoms with Crippen molar-refractivity contribution in [3.05, 3.63) is 36.0 Å². The van der Waals surface area contributed by atoms with E-state index in [-0.39, 0.29) is 5.92 Å². The number of benzene rings is 1. The van der Waals surface area contributed by atoms with Gasteiger partial charge in [-0.1, -0.05) is 18.2 Å². The highest BCUT2D eigenvalue weighted by Crippen LogP contribution is 2.25. The van der Waals surface area contributed by atoms with E-state index in [4.69, 9.17) is 0 Å². The molecule has 0 bridgehead atoms. The molecule has 1 N–H and O–H groups in total. The molecular formula is C14H13NO3. The van der Waals surface area contributed by atoms with Crippen LogP contribution in [-0.4, -0.2) is 16.9 Å². The zero-order valence-corrected chi connectivity index (χ0v) is 9.81. The second-order valence-corrected chi connectivity index (χ2v) is 4.59. The topological polar surface area (TPSA) is 59.2 Å². The van der Waals surface area contributed by atoms with E-state index in [0.29, 0.717) is 19.3 Å². The van der Waals surface area contributed by atoms with Gasteiger partial charge in [0.25, 0.3) is 0 Å². The number of ether oxygens (including phenoxy) is 1. The minimum atomic E-state index is -0.407. The summed E-state index contributed by atoms with van der Waals surface area (Å²) < 4.78 is 4.67. The molecule has 3 rings (SSSR count). The van der Waals surface area contributed by atoms with Gasteiger partial charge in [-0.15, -0.1) is 0 Å². The van der Waals surface area contributed by atoms with Crippen molar-refractivity contribution in [1.82, 2.24) is 4.98 Å². The molecule has 1 unspecified atom stereocenters. The van der Waals surface area contributed by atoms with Gasteiger partial charge in [0.05, 0.1) is 5.92 Å². The monoisotopic (exact) mass is 243 g/mol. The van der Waals surface area contributed by atoms with Crippen LogP contribution >= 0.6 is 0 Å². The molecule has 0 aliphatic carbocycles. The maximum Gasteiger partial charge on any atom is 0.316 e. The van der Waals surface area contributed by atoms with E-state index in [0.717, 1.165) is 16.5 Å². The molecule has 1 saturated heterocycles. The Hall–Kier alpha value is -2.10. The van der Waals surface area contributed by atoms with Crippen molar-refractivity contribution < 1.29 is 14.3 Å². The first kappa shape index (κ1) is 11.0. The minimum Gasteiger partial charge on any atom is -0.393 e. The number of hydrogen-bond acceptors (Lipinski definition) is 3. The maximum atomic E-state index is 11.6. The molecule has 1 aliphatic heterocycles. The number of carbonyl (C=O) groups excluding carboxylic acids is 2. The molecule has 1 aromatic carbocycles. The Morgan fingerprint density at radius 2 is 2.11 bits per heavy atom. The Kier molecular flexibility index (Phi) is 2.63. The number of carbonyl (C=O) groups is 2. The molecule has 4 heteroatoms. The smallest absolute Gasteiger partial charge is 0.316 e. The molecular weight excluding hydrogens is 230 g/mol. The van der Waals surface area contributed by atoms with E-state index >= 15 is 0 Å². The lowest BCUT2D eigenvalue weighted by Crippen LogP contribution is -2.29. The van der Waals surface area contributed by atoms with Crippen LogP contribution in [0.25, 0.3) is 10.9 Å². The fraction of sp³-hybridized carbons (Fsp3) is 0.286. The zero-order chi connectivity index (χ0) is 12.5. The van der Waals surface area contributed by atoms with Crippen LogP contribution in [0.2, 0.25) is 0 Å². The SMILES string of the molecule is O=C1CCC(Cc2c[nH]c3ccccc23)C(=O)O1. The third kappa shape index (κ3) is 1.90. The molecule has 1 atom stereocenters. The lowest BCUT2D eigenvalue weighted by molar-refractivity contribution is -0.167. The number of aromatic nitrogens is 1. The van der Waals surface area contributed by atoms with Crippen molar-refractivity contribution in [2.45, 2.75) is 19.3 Å². The second-order valence-electron chi connectivity index (χ2n) is 4.59. The maximum absolute atomic E-state index is 11.6. The van der Waals surface area contributed by atoms with Gasteiger partial charge in [0.1, 0.15) is 0 Å². The van der Waals surface area contributed by atoms with Gasteiger partial charge in [0.2, 0.25) is 0 Å². The van der Waals surface area contributed by atoms with Crippen molar-refractivity contribution in [1.29, 1.82) is 0 Å². The summed E-state index contributed by atoms with van der Waals surface area (Å²) in [5.74, 6) is -1.01. The van der Waals surface area contributed by atoms with E-state index in [2.05, 4.69) is 9.72 Å². The molecule has 0 saturated carbocycles. The van der Waals surface area contributed by atoms with Gasteiger partial charge in [0.15, 0.2) is 0 Å². The number of nitrogens with one attached hydrogen (secondary N) is 1. The standard InChI is InChI=1S/C14H13NO3/c16-13-6-5-9(14(17)18-13)7-10-8-15-12-4-2-1-3-11(10)12/h1-4,8-9,15H,5-7H2. The Morgan fingerprint density at radius 3 is 2.94 bits per heavy atom. The van der Waals surface area contributed by atoms with E-state index in [1.54, 1.807) is 0 Å². The van der Waals surface area contributed by atoms with Gasteiger partial charge in [0, 0.05) is 23.5 Å². The fourth-order valence-corrected chi connectivity index (χ4v) is 2.41. The molecule has 2 aromatic rings. The fourth-order valence-electron chi connectivity index (χ4n) is 2.41. The number of aromatic amines is 1. The highest BCUT2D eigenvalue weighted by atomic mass is 16.6. The predicted molar refractivity (Wildman–Crippen MR) is 65.8 cm³/mol. The molecule has 92 valence electrons.